The van der Waals surface area contributed by atoms with Gasteiger partial charge in [-0.1, -0.05) is 0 Å². The second-order valence-corrected chi connectivity index (χ2v) is 5.27. The number of hydrogen-bond acceptors (Lipinski definition) is 5. The van der Waals surface area contributed by atoms with E-state index in [2.05, 4.69) is 9.88 Å². The molecule has 6 nitrogen and oxygen atoms in total. The minimum Gasteiger partial charge on any atom is -0.543 e. The summed E-state index contributed by atoms with van der Waals surface area (Å²) >= 11 is 0. The fraction of sp³-hybridized carbons (Fsp3) is 0.500. The third-order valence-corrected chi connectivity index (χ3v) is 3.84. The molecule has 7 heteroatoms. The average molecular weight is 281 g/mol. The molecule has 1 aliphatic carbocycles. The number of carbonyl (C=O) groups is 2. The molecule has 1 aromatic heterocycles. The van der Waals surface area contributed by atoms with Gasteiger partial charge in [0.05, 0.1) is 11.7 Å². The van der Waals surface area contributed by atoms with Gasteiger partial charge in [0.1, 0.15) is 0 Å². The maximum Gasteiger partial charge on any atom is 1.00 e. The Labute approximate surface area is 135 Å². The first-order valence-corrected chi connectivity index (χ1v) is 6.86. The largest absolute Gasteiger partial charge is 1.00 e. The monoisotopic (exact) mass is 281 g/mol. The van der Waals surface area contributed by atoms with E-state index in [0.29, 0.717) is 13.1 Å². The van der Waals surface area contributed by atoms with E-state index < -0.39 is 5.97 Å². The van der Waals surface area contributed by atoms with E-state index in [9.17, 15) is 14.7 Å². The molecule has 0 N–H and O–H groups in total. The van der Waals surface area contributed by atoms with E-state index in [1.807, 2.05) is 4.90 Å². The molecule has 21 heavy (non-hydrogen) atoms. The van der Waals surface area contributed by atoms with Crippen LogP contribution in [0.5, 0.6) is 0 Å². The molecule has 3 rings (SSSR count). The summed E-state index contributed by atoms with van der Waals surface area (Å²) in [6.07, 6.45) is 3.53. The van der Waals surface area contributed by atoms with E-state index in [-0.39, 0.29) is 36.4 Å². The zero-order valence-electron chi connectivity index (χ0n) is 12.1. The van der Waals surface area contributed by atoms with Crippen LogP contribution in [0, 0.1) is 5.92 Å². The van der Waals surface area contributed by atoms with E-state index in [1.165, 1.54) is 12.3 Å². The Balaban J connectivity index is 0.00000161. The van der Waals surface area contributed by atoms with E-state index >= 15 is 0 Å². The van der Waals surface area contributed by atoms with Crippen molar-refractivity contribution in [1.29, 1.82) is 0 Å². The van der Waals surface area contributed by atoms with Crippen molar-refractivity contribution in [2.45, 2.75) is 12.8 Å². The first-order valence-electron chi connectivity index (χ1n) is 6.86. The summed E-state index contributed by atoms with van der Waals surface area (Å²) in [4.78, 5) is 30.5. The second kappa shape index (κ2) is 6.50. The number of rotatable bonds is 3. The van der Waals surface area contributed by atoms with Gasteiger partial charge in [-0.05, 0) is 25.0 Å². The van der Waals surface area contributed by atoms with Gasteiger partial charge in [-0.3, -0.25) is 9.78 Å². The van der Waals surface area contributed by atoms with Gasteiger partial charge in [-0.25, -0.2) is 0 Å². The van der Waals surface area contributed by atoms with Crippen molar-refractivity contribution in [1.82, 2.24) is 9.88 Å². The Morgan fingerprint density at radius 2 is 1.86 bits per heavy atom. The molecule has 1 aliphatic heterocycles. The summed E-state index contributed by atoms with van der Waals surface area (Å²) in [7, 11) is 0. The van der Waals surface area contributed by atoms with E-state index in [1.54, 1.807) is 6.07 Å². The standard InChI is InChI=1S/C14H17N3O3.Li/c18-13(10-1-2-10)17-7-5-16(6-8-17)11-3-4-15-12(9-11)14(19)20;/h3-4,9-10H,1-2,5-8H2,(H,19,20);/q;+1/p-1. The van der Waals surface area contributed by atoms with Gasteiger partial charge >= 0.3 is 18.9 Å². The van der Waals surface area contributed by atoms with Crippen LogP contribution in [0.1, 0.15) is 23.3 Å². The van der Waals surface area contributed by atoms with Crippen LogP contribution in [-0.4, -0.2) is 47.9 Å². The summed E-state index contributed by atoms with van der Waals surface area (Å²) in [5.41, 5.74) is 0.761. The summed E-state index contributed by atoms with van der Waals surface area (Å²) in [5.74, 6) is -0.739. The summed E-state index contributed by atoms with van der Waals surface area (Å²) < 4.78 is 0. The fourth-order valence-corrected chi connectivity index (χ4v) is 2.50. The van der Waals surface area contributed by atoms with Crippen molar-refractivity contribution in [3.05, 3.63) is 24.0 Å². The third-order valence-electron chi connectivity index (χ3n) is 3.84. The van der Waals surface area contributed by atoms with Crippen LogP contribution in [0.4, 0.5) is 5.69 Å². The number of aromatic nitrogens is 1. The van der Waals surface area contributed by atoms with Gasteiger partial charge in [0.25, 0.3) is 0 Å². The van der Waals surface area contributed by atoms with Crippen LogP contribution in [0.25, 0.3) is 0 Å². The van der Waals surface area contributed by atoms with Crippen molar-refractivity contribution >= 4 is 17.6 Å². The van der Waals surface area contributed by atoms with Crippen LogP contribution >= 0.6 is 0 Å². The van der Waals surface area contributed by atoms with Gasteiger partial charge in [-0.15, -0.1) is 0 Å². The van der Waals surface area contributed by atoms with E-state index in [0.717, 1.165) is 31.6 Å². The first-order chi connectivity index (χ1) is 9.65. The minimum atomic E-state index is -1.27. The van der Waals surface area contributed by atoms with Crippen LogP contribution < -0.4 is 28.9 Å². The Morgan fingerprint density at radius 3 is 2.43 bits per heavy atom. The van der Waals surface area contributed by atoms with Gasteiger partial charge in [0, 0.05) is 44.0 Å². The molecule has 106 valence electrons. The fourth-order valence-electron chi connectivity index (χ4n) is 2.50. The Bertz CT molecular complexity index is 540. The quantitative estimate of drug-likeness (QED) is 0.538. The van der Waals surface area contributed by atoms with Crippen LogP contribution in [0.2, 0.25) is 0 Å². The zero-order chi connectivity index (χ0) is 14.1. The molecule has 0 bridgehead atoms. The van der Waals surface area contributed by atoms with Crippen molar-refractivity contribution in [3.63, 3.8) is 0 Å². The molecule has 1 amide bonds. The maximum absolute atomic E-state index is 12.0. The second-order valence-electron chi connectivity index (χ2n) is 5.27. The number of aromatic carboxylic acids is 1. The normalized spacial score (nSPS) is 18.1. The number of hydrogen-bond donors (Lipinski definition) is 0. The number of piperazine rings is 1. The molecule has 1 saturated heterocycles. The summed E-state index contributed by atoms with van der Waals surface area (Å²) in [6.45, 7) is 2.82. The van der Waals surface area contributed by atoms with Gasteiger partial charge < -0.3 is 19.7 Å². The molecule has 2 aliphatic rings. The molecule has 2 heterocycles. The summed E-state index contributed by atoms with van der Waals surface area (Å²) in [6, 6.07) is 3.30. The topological polar surface area (TPSA) is 76.6 Å². The predicted molar refractivity (Wildman–Crippen MR) is 70.1 cm³/mol. The Morgan fingerprint density at radius 1 is 1.19 bits per heavy atom. The molecule has 0 spiro atoms. The number of carboxylic acid groups (broad SMARTS) is 1. The van der Waals surface area contributed by atoms with Crippen LogP contribution in [0.3, 0.4) is 0 Å². The zero-order valence-corrected chi connectivity index (χ0v) is 12.1. The number of carboxylic acids is 1. The van der Waals surface area contributed by atoms with Gasteiger partial charge in [0.15, 0.2) is 0 Å². The number of anilines is 1. The molecule has 0 atom stereocenters. The van der Waals surface area contributed by atoms with Crippen molar-refractivity contribution < 1.29 is 33.6 Å². The molecule has 0 unspecified atom stereocenters. The first kappa shape index (κ1) is 15.9. The number of nitrogens with zero attached hydrogens (tertiary/aromatic N) is 3. The number of amides is 1. The van der Waals surface area contributed by atoms with Gasteiger partial charge in [0.2, 0.25) is 5.91 Å². The van der Waals surface area contributed by atoms with E-state index in [4.69, 9.17) is 0 Å². The van der Waals surface area contributed by atoms with Gasteiger partial charge in [-0.2, -0.15) is 0 Å². The maximum atomic E-state index is 12.0. The van der Waals surface area contributed by atoms with Crippen molar-refractivity contribution in [3.8, 4) is 0 Å². The number of carbonyl (C=O) groups excluding carboxylic acids is 2. The molecule has 1 saturated carbocycles. The predicted octanol–water partition coefficient (Wildman–Crippen LogP) is -3.49. The third kappa shape index (κ3) is 3.58. The molecular weight excluding hydrogens is 265 g/mol. The molecular formula is C14H16LiN3O3. The molecule has 1 aromatic rings. The smallest absolute Gasteiger partial charge is 0.543 e. The molecule has 0 aromatic carbocycles. The van der Waals surface area contributed by atoms with Crippen LogP contribution in [0.15, 0.2) is 18.3 Å². The SMILES string of the molecule is O=C([O-])c1cc(N2CCN(C(=O)C3CC3)CC2)ccn1.[Li+]. The Kier molecular flexibility index (Phi) is 4.91. The summed E-state index contributed by atoms with van der Waals surface area (Å²) in [5, 5.41) is 10.8. The minimum absolute atomic E-state index is 0. The van der Waals surface area contributed by atoms with Crippen LogP contribution in [-0.2, 0) is 4.79 Å². The van der Waals surface area contributed by atoms with Crippen molar-refractivity contribution in [2.75, 3.05) is 31.1 Å². The average Bonchev–Trinajstić information content (AvgIpc) is 3.31. The van der Waals surface area contributed by atoms with Crippen molar-refractivity contribution in [2.24, 2.45) is 5.92 Å². The Hall–Kier alpha value is -1.51. The molecule has 0 radical (unpaired) electrons. The molecule has 2 fully saturated rings. The number of pyridine rings is 1.